The Morgan fingerprint density at radius 2 is 1.83 bits per heavy atom. The zero-order valence-corrected chi connectivity index (χ0v) is 16.8. The molecule has 0 unspecified atom stereocenters. The van der Waals surface area contributed by atoms with Gasteiger partial charge in [-0.1, -0.05) is 60.4 Å². The molecular formula is C20H15F3N2O2S2. The molecule has 0 atom stereocenters. The highest BCUT2D eigenvalue weighted by Crippen LogP contribution is 2.35. The molecule has 150 valence electrons. The van der Waals surface area contributed by atoms with Gasteiger partial charge in [0.2, 0.25) is 5.91 Å². The second kappa shape index (κ2) is 8.38. The Bertz CT molecular complexity index is 1020. The number of hydrogen-bond acceptors (Lipinski definition) is 4. The quantitative estimate of drug-likeness (QED) is 0.550. The number of anilines is 1. The van der Waals surface area contributed by atoms with Gasteiger partial charge in [-0.3, -0.25) is 14.5 Å². The SMILES string of the molecule is Cc1ccccc1/C=C1\SC(=S)N(CC(=O)Nc2ccccc2C(F)(F)F)C1=O. The Kier molecular flexibility index (Phi) is 6.09. The van der Waals surface area contributed by atoms with Crippen LogP contribution in [0.5, 0.6) is 0 Å². The van der Waals surface area contributed by atoms with Crippen molar-refractivity contribution in [2.75, 3.05) is 11.9 Å². The predicted molar refractivity (Wildman–Crippen MR) is 111 cm³/mol. The van der Waals surface area contributed by atoms with E-state index in [0.29, 0.717) is 4.91 Å². The maximum atomic E-state index is 13.1. The number of thioether (sulfide) groups is 1. The summed E-state index contributed by atoms with van der Waals surface area (Å²) in [5, 5.41) is 2.22. The third-order valence-corrected chi connectivity index (χ3v) is 5.53. The lowest BCUT2D eigenvalue weighted by atomic mass is 10.1. The van der Waals surface area contributed by atoms with Crippen molar-refractivity contribution in [3.63, 3.8) is 0 Å². The van der Waals surface area contributed by atoms with Crippen molar-refractivity contribution < 1.29 is 22.8 Å². The molecule has 9 heteroatoms. The number of nitrogens with one attached hydrogen (secondary N) is 1. The van der Waals surface area contributed by atoms with E-state index in [1.54, 1.807) is 6.08 Å². The molecule has 29 heavy (non-hydrogen) atoms. The summed E-state index contributed by atoms with van der Waals surface area (Å²) in [5.41, 5.74) is 0.486. The molecule has 0 bridgehead atoms. The normalized spacial score (nSPS) is 15.9. The van der Waals surface area contributed by atoms with E-state index in [1.165, 1.54) is 12.1 Å². The van der Waals surface area contributed by atoms with Crippen LogP contribution < -0.4 is 5.32 Å². The number of carbonyl (C=O) groups is 2. The van der Waals surface area contributed by atoms with E-state index in [4.69, 9.17) is 12.2 Å². The summed E-state index contributed by atoms with van der Waals surface area (Å²) in [6.07, 6.45) is -2.92. The third kappa shape index (κ3) is 4.86. The van der Waals surface area contributed by atoms with Gasteiger partial charge in [-0.15, -0.1) is 0 Å². The summed E-state index contributed by atoms with van der Waals surface area (Å²) in [4.78, 5) is 26.4. The molecule has 0 aromatic heterocycles. The third-order valence-electron chi connectivity index (χ3n) is 4.16. The number of thiocarbonyl (C=S) groups is 1. The van der Waals surface area contributed by atoms with Gasteiger partial charge in [0.1, 0.15) is 10.9 Å². The van der Waals surface area contributed by atoms with Crippen LogP contribution >= 0.6 is 24.0 Å². The molecule has 1 N–H and O–H groups in total. The largest absolute Gasteiger partial charge is 0.418 e. The second-order valence-electron chi connectivity index (χ2n) is 6.22. The minimum Gasteiger partial charge on any atom is -0.324 e. The summed E-state index contributed by atoms with van der Waals surface area (Å²) in [6, 6.07) is 12.1. The molecule has 2 aromatic rings. The van der Waals surface area contributed by atoms with E-state index in [1.807, 2.05) is 31.2 Å². The van der Waals surface area contributed by atoms with Crippen LogP contribution in [0.3, 0.4) is 0 Å². The maximum absolute atomic E-state index is 13.1. The molecule has 0 aliphatic carbocycles. The molecule has 1 heterocycles. The van der Waals surface area contributed by atoms with Crippen LogP contribution in [0, 0.1) is 6.92 Å². The Hall–Kier alpha value is -2.65. The number of rotatable bonds is 4. The molecule has 3 rings (SSSR count). The average molecular weight is 436 g/mol. The first-order valence-corrected chi connectivity index (χ1v) is 9.66. The van der Waals surface area contributed by atoms with E-state index < -0.39 is 30.1 Å². The second-order valence-corrected chi connectivity index (χ2v) is 7.89. The number of amides is 2. The van der Waals surface area contributed by atoms with Gasteiger partial charge in [0.15, 0.2) is 0 Å². The highest BCUT2D eigenvalue weighted by Gasteiger charge is 2.35. The number of nitrogens with zero attached hydrogens (tertiary/aromatic N) is 1. The van der Waals surface area contributed by atoms with Gasteiger partial charge < -0.3 is 5.32 Å². The van der Waals surface area contributed by atoms with Gasteiger partial charge in [-0.25, -0.2) is 0 Å². The summed E-state index contributed by atoms with van der Waals surface area (Å²) in [7, 11) is 0. The van der Waals surface area contributed by atoms with Crippen LogP contribution in [0.1, 0.15) is 16.7 Å². The molecule has 0 spiro atoms. The van der Waals surface area contributed by atoms with E-state index >= 15 is 0 Å². The number of para-hydroxylation sites is 1. The lowest BCUT2D eigenvalue weighted by molar-refractivity contribution is -0.137. The van der Waals surface area contributed by atoms with Crippen LogP contribution in [-0.2, 0) is 15.8 Å². The molecule has 2 aromatic carbocycles. The molecule has 1 saturated heterocycles. The van der Waals surface area contributed by atoms with Crippen molar-refractivity contribution in [3.8, 4) is 0 Å². The Morgan fingerprint density at radius 1 is 1.17 bits per heavy atom. The zero-order valence-electron chi connectivity index (χ0n) is 15.1. The van der Waals surface area contributed by atoms with Gasteiger partial charge in [-0.05, 0) is 36.3 Å². The highest BCUT2D eigenvalue weighted by atomic mass is 32.2. The molecule has 1 aliphatic heterocycles. The van der Waals surface area contributed by atoms with Gasteiger partial charge in [0.25, 0.3) is 5.91 Å². The number of hydrogen-bond donors (Lipinski definition) is 1. The first-order valence-electron chi connectivity index (χ1n) is 8.44. The molecule has 1 fully saturated rings. The first-order chi connectivity index (χ1) is 13.7. The number of carbonyl (C=O) groups excluding carboxylic acids is 2. The zero-order chi connectivity index (χ0) is 21.2. The van der Waals surface area contributed by atoms with Crippen LogP contribution in [0.4, 0.5) is 18.9 Å². The standard InChI is InChI=1S/C20H15F3N2O2S2/c1-12-6-2-3-7-13(12)10-16-18(27)25(19(28)29-16)11-17(26)24-15-9-5-4-8-14(15)20(21,22)23/h2-10H,11H2,1H3,(H,24,26)/b16-10-. The molecule has 2 amide bonds. The number of aryl methyl sites for hydroxylation is 1. The van der Waals surface area contributed by atoms with Crippen molar-refractivity contribution in [3.05, 3.63) is 70.1 Å². The fourth-order valence-corrected chi connectivity index (χ4v) is 3.94. The lowest BCUT2D eigenvalue weighted by Gasteiger charge is -2.16. The summed E-state index contributed by atoms with van der Waals surface area (Å²) in [5.74, 6) is -1.22. The van der Waals surface area contributed by atoms with Crippen LogP contribution in [-0.4, -0.2) is 27.6 Å². The van der Waals surface area contributed by atoms with Crippen molar-refractivity contribution in [1.29, 1.82) is 0 Å². The summed E-state index contributed by atoms with van der Waals surface area (Å²) < 4.78 is 39.4. The van der Waals surface area contributed by atoms with Gasteiger partial charge in [-0.2, -0.15) is 13.2 Å². The summed E-state index contributed by atoms with van der Waals surface area (Å²) in [6.45, 7) is 1.43. The highest BCUT2D eigenvalue weighted by molar-refractivity contribution is 8.26. The topological polar surface area (TPSA) is 49.4 Å². The molecule has 1 aliphatic rings. The predicted octanol–water partition coefficient (Wildman–Crippen LogP) is 4.85. The molecule has 0 radical (unpaired) electrons. The first kappa shape index (κ1) is 21.1. The van der Waals surface area contributed by atoms with E-state index in [-0.39, 0.29) is 10.0 Å². The van der Waals surface area contributed by atoms with Crippen LogP contribution in [0.25, 0.3) is 6.08 Å². The maximum Gasteiger partial charge on any atom is 0.418 e. The smallest absolute Gasteiger partial charge is 0.324 e. The van der Waals surface area contributed by atoms with Crippen molar-refractivity contribution in [2.24, 2.45) is 0 Å². The molecule has 4 nitrogen and oxygen atoms in total. The summed E-state index contributed by atoms with van der Waals surface area (Å²) >= 11 is 6.23. The van der Waals surface area contributed by atoms with E-state index in [2.05, 4.69) is 5.32 Å². The minimum atomic E-state index is -4.61. The van der Waals surface area contributed by atoms with Gasteiger partial charge >= 0.3 is 6.18 Å². The van der Waals surface area contributed by atoms with E-state index in [0.717, 1.165) is 39.9 Å². The van der Waals surface area contributed by atoms with Gasteiger partial charge in [0.05, 0.1) is 16.2 Å². The van der Waals surface area contributed by atoms with Crippen molar-refractivity contribution in [2.45, 2.75) is 13.1 Å². The Balaban J connectivity index is 1.74. The van der Waals surface area contributed by atoms with Gasteiger partial charge in [0, 0.05) is 0 Å². The number of alkyl halides is 3. The van der Waals surface area contributed by atoms with Crippen molar-refractivity contribution >= 4 is 51.9 Å². The lowest BCUT2D eigenvalue weighted by Crippen LogP contribution is -2.36. The van der Waals surface area contributed by atoms with Crippen LogP contribution in [0.2, 0.25) is 0 Å². The molecule has 0 saturated carbocycles. The van der Waals surface area contributed by atoms with E-state index in [9.17, 15) is 22.8 Å². The fourth-order valence-electron chi connectivity index (χ4n) is 2.70. The fraction of sp³-hybridized carbons (Fsp3) is 0.150. The Morgan fingerprint density at radius 3 is 2.52 bits per heavy atom. The average Bonchev–Trinajstić information content (AvgIpc) is 2.90. The number of benzene rings is 2. The Labute approximate surface area is 174 Å². The van der Waals surface area contributed by atoms with Crippen molar-refractivity contribution in [1.82, 2.24) is 4.90 Å². The van der Waals surface area contributed by atoms with Crippen LogP contribution in [0.15, 0.2) is 53.4 Å². The number of halogens is 3. The minimum absolute atomic E-state index is 0.175. The molecular weight excluding hydrogens is 421 g/mol. The monoisotopic (exact) mass is 436 g/mol.